The second-order valence-electron chi connectivity index (χ2n) is 14.1. The number of ketones is 1. The van der Waals surface area contributed by atoms with Crippen molar-refractivity contribution >= 4 is 56.7 Å². The van der Waals surface area contributed by atoms with Crippen molar-refractivity contribution in [2.45, 2.75) is 82.6 Å². The van der Waals surface area contributed by atoms with E-state index in [0.717, 1.165) is 16.7 Å². The summed E-state index contributed by atoms with van der Waals surface area (Å²) in [5, 5.41) is 5.67. The van der Waals surface area contributed by atoms with Crippen LogP contribution in [0, 0.1) is 5.92 Å². The first-order chi connectivity index (χ1) is 26.1. The lowest BCUT2D eigenvalue weighted by Gasteiger charge is -2.43. The van der Waals surface area contributed by atoms with Crippen molar-refractivity contribution in [1.29, 1.82) is 0 Å². The number of unbranched alkanes of at least 4 members (excludes halogenated alkanes) is 1. The predicted octanol–water partition coefficient (Wildman–Crippen LogP) is 5.25. The van der Waals surface area contributed by atoms with Crippen molar-refractivity contribution in [1.82, 2.24) is 20.1 Å². The van der Waals surface area contributed by atoms with Crippen LogP contribution in [0.3, 0.4) is 0 Å². The lowest BCUT2D eigenvalue weighted by Crippen LogP contribution is -2.50. The molecule has 2 aliphatic rings. The smallest absolute Gasteiger partial charge is 0.407 e. The number of pyridine rings is 1. The van der Waals surface area contributed by atoms with Gasteiger partial charge in [-0.1, -0.05) is 61.0 Å². The number of piperidine rings is 1. The Morgan fingerprint density at radius 1 is 0.857 bits per heavy atom. The monoisotopic (exact) mass is 808 g/mol. The number of carbonyl (C=O) groups is 5. The maximum absolute atomic E-state index is 14.9. The van der Waals surface area contributed by atoms with Crippen LogP contribution < -0.4 is 16.2 Å². The molecule has 1 fully saturated rings. The minimum absolute atomic E-state index is 0. The number of rotatable bonds is 15. The molecule has 3 atom stereocenters. The number of benzene rings is 2. The molecule has 56 heavy (non-hydrogen) atoms. The van der Waals surface area contributed by atoms with E-state index in [2.05, 4.69) is 10.6 Å². The Labute approximate surface area is 343 Å². The minimum atomic E-state index is -1.07. The van der Waals surface area contributed by atoms with Gasteiger partial charge in [0.05, 0.1) is 30.5 Å². The Kier molecular flexibility index (Phi) is 17.7. The molecule has 3 aromatic rings. The molecule has 1 aromatic heterocycles. The lowest BCUT2D eigenvalue weighted by atomic mass is 9.60. The Hall–Kier alpha value is -4.56. The number of nitrogens with zero attached hydrogens (tertiary/aromatic N) is 2. The van der Waals surface area contributed by atoms with Crippen LogP contribution in [0.1, 0.15) is 98.2 Å². The van der Waals surface area contributed by atoms with E-state index >= 15 is 0 Å². The maximum Gasteiger partial charge on any atom is 0.407 e. The summed E-state index contributed by atoms with van der Waals surface area (Å²) in [6.45, 7) is 5.25. The number of amides is 3. The van der Waals surface area contributed by atoms with Crippen LogP contribution in [0.4, 0.5) is 4.79 Å². The third-order valence-corrected chi connectivity index (χ3v) is 10.7. The molecule has 14 heteroatoms. The number of esters is 1. The third-order valence-electron chi connectivity index (χ3n) is 10.7. The molecular formula is C42H56N4O8S2. The van der Waals surface area contributed by atoms with Crippen LogP contribution in [-0.2, 0) is 36.3 Å². The largest absolute Gasteiger partial charge is 0.466 e. The van der Waals surface area contributed by atoms with E-state index in [0.29, 0.717) is 64.6 Å². The summed E-state index contributed by atoms with van der Waals surface area (Å²) in [6, 6.07) is 20.3. The average molecular weight is 809 g/mol. The number of likely N-dealkylation sites (tertiary alicyclic amines) is 1. The molecule has 12 nitrogen and oxygen atoms in total. The number of aryl methyl sites for hydroxylation is 1. The van der Waals surface area contributed by atoms with Gasteiger partial charge in [-0.05, 0) is 81.2 Å². The number of nitrogens with one attached hydrogen (secondary N) is 2. The van der Waals surface area contributed by atoms with Gasteiger partial charge in [0, 0.05) is 45.3 Å². The number of Topliss-reactive ketones (excluding diaryl/α,β-unsaturated/α-hetero) is 1. The van der Waals surface area contributed by atoms with Crippen LogP contribution in [0.5, 0.6) is 0 Å². The summed E-state index contributed by atoms with van der Waals surface area (Å²) < 4.78 is 11.7. The van der Waals surface area contributed by atoms with Crippen LogP contribution >= 0.6 is 27.0 Å². The third kappa shape index (κ3) is 10.6. The van der Waals surface area contributed by atoms with Gasteiger partial charge in [0.1, 0.15) is 11.3 Å². The Balaban J connectivity index is 0.00000420. The van der Waals surface area contributed by atoms with Crippen LogP contribution in [-0.4, -0.2) is 78.0 Å². The van der Waals surface area contributed by atoms with Gasteiger partial charge in [-0.25, -0.2) is 4.79 Å². The van der Waals surface area contributed by atoms with Gasteiger partial charge in [0.2, 0.25) is 5.91 Å². The molecule has 0 unspecified atom stereocenters. The maximum atomic E-state index is 14.9. The normalized spacial score (nSPS) is 18.2. The van der Waals surface area contributed by atoms with Gasteiger partial charge in [0.25, 0.3) is 11.5 Å². The number of fused-ring (bicyclic) bond motifs is 1. The highest BCUT2D eigenvalue weighted by molar-refractivity contribution is 7.59. The van der Waals surface area contributed by atoms with E-state index in [-0.39, 0.29) is 75.5 Å². The van der Waals surface area contributed by atoms with E-state index in [1.54, 1.807) is 33.2 Å². The average Bonchev–Trinajstić information content (AvgIpc) is 3.18. The number of hydrogen-bond donors (Lipinski definition) is 2. The van der Waals surface area contributed by atoms with Crippen molar-refractivity contribution in [2.24, 2.45) is 13.0 Å². The van der Waals surface area contributed by atoms with Crippen LogP contribution in [0.15, 0.2) is 77.7 Å². The molecule has 0 radical (unpaired) electrons. The summed E-state index contributed by atoms with van der Waals surface area (Å²) in [7, 11) is 1.60. The molecule has 3 amide bonds. The first-order valence-corrected chi connectivity index (χ1v) is 19.1. The van der Waals surface area contributed by atoms with E-state index in [1.807, 2.05) is 59.5 Å². The number of hydrogen-bond acceptors (Lipinski definition) is 8. The molecule has 304 valence electrons. The Morgan fingerprint density at radius 2 is 1.54 bits per heavy atom. The fourth-order valence-electron chi connectivity index (χ4n) is 7.92. The standard InChI is InChI=1S/C42H52N4O8.2H2S/c1-4-53-40(51)29(14-11-12-24-43-41(52)54-5-2)28-36(47)42(30-15-7-6-8-16-30)23-20-33(32-17-9-10-19-35(32)42)39(50)46-26-21-31(22-27-46)44-37(48)34-18-13-25-45(3)38(34)49;;/h6-10,13,15-19,25,29,31,33H,4-5,11-12,14,20-24,26-28H2,1-3H3,(H,43,52)(H,44,48);2*1H2/t29-,33+,42-;;/m1../s1. The summed E-state index contributed by atoms with van der Waals surface area (Å²) >= 11 is 0. The van der Waals surface area contributed by atoms with Crippen LogP contribution in [0.2, 0.25) is 0 Å². The van der Waals surface area contributed by atoms with E-state index < -0.39 is 35.2 Å². The van der Waals surface area contributed by atoms with E-state index in [9.17, 15) is 28.8 Å². The molecule has 2 aromatic carbocycles. The zero-order valence-corrected chi connectivity index (χ0v) is 34.5. The van der Waals surface area contributed by atoms with Crippen LogP contribution in [0.25, 0.3) is 0 Å². The molecular weight excluding hydrogens is 753 g/mol. The van der Waals surface area contributed by atoms with Gasteiger partial charge < -0.3 is 29.6 Å². The molecule has 2 N–H and O–H groups in total. The zero-order valence-electron chi connectivity index (χ0n) is 32.5. The Morgan fingerprint density at radius 3 is 2.23 bits per heavy atom. The van der Waals surface area contributed by atoms with Gasteiger partial charge in [-0.15, -0.1) is 0 Å². The van der Waals surface area contributed by atoms with Gasteiger partial charge in [-0.2, -0.15) is 27.0 Å². The molecule has 1 aliphatic carbocycles. The highest BCUT2D eigenvalue weighted by atomic mass is 32.1. The topological polar surface area (TPSA) is 153 Å². The summed E-state index contributed by atoms with van der Waals surface area (Å²) in [4.78, 5) is 81.3. The summed E-state index contributed by atoms with van der Waals surface area (Å²) in [6.07, 6.45) is 4.65. The summed E-state index contributed by atoms with van der Waals surface area (Å²) in [5.74, 6) is -2.08. The first-order valence-electron chi connectivity index (χ1n) is 19.1. The van der Waals surface area contributed by atoms with Crippen molar-refractivity contribution in [2.75, 3.05) is 32.8 Å². The summed E-state index contributed by atoms with van der Waals surface area (Å²) in [5.41, 5.74) is 1.06. The lowest BCUT2D eigenvalue weighted by molar-refractivity contribution is -0.150. The van der Waals surface area contributed by atoms with Crippen molar-refractivity contribution in [3.05, 3.63) is 106 Å². The second kappa shape index (κ2) is 21.7. The second-order valence-corrected chi connectivity index (χ2v) is 14.1. The number of alkyl carbamates (subject to hydrolysis) is 1. The molecule has 0 spiro atoms. The molecule has 5 rings (SSSR count). The fraction of sp³-hybridized carbons (Fsp3) is 0.476. The number of ether oxygens (including phenoxy) is 2. The SMILES string of the molecule is CCOC(=O)NCCCC[C@H](CC(=O)[C@@]1(c2ccccc2)CC[C@H](C(=O)N2CCC(NC(=O)c3cccn(C)c3=O)CC2)c2ccccc21)C(=O)OCC.S.S. The van der Waals surface area contributed by atoms with E-state index in [4.69, 9.17) is 9.47 Å². The molecule has 0 bridgehead atoms. The molecule has 1 saturated heterocycles. The van der Waals surface area contributed by atoms with Crippen molar-refractivity contribution in [3.63, 3.8) is 0 Å². The van der Waals surface area contributed by atoms with Gasteiger partial charge in [0.15, 0.2) is 0 Å². The van der Waals surface area contributed by atoms with Gasteiger partial charge in [-0.3, -0.25) is 24.0 Å². The molecule has 1 aliphatic heterocycles. The van der Waals surface area contributed by atoms with Crippen molar-refractivity contribution < 1.29 is 33.4 Å². The predicted molar refractivity (Wildman–Crippen MR) is 224 cm³/mol. The zero-order chi connectivity index (χ0) is 38.7. The highest BCUT2D eigenvalue weighted by Gasteiger charge is 2.49. The van der Waals surface area contributed by atoms with Crippen molar-refractivity contribution in [3.8, 4) is 0 Å². The fourth-order valence-corrected chi connectivity index (χ4v) is 7.92. The quantitative estimate of drug-likeness (QED) is 0.156. The van der Waals surface area contributed by atoms with E-state index in [1.165, 1.54) is 10.6 Å². The number of carbonyl (C=O) groups excluding carboxylic acids is 5. The van der Waals surface area contributed by atoms with Gasteiger partial charge >= 0.3 is 12.1 Å². The number of aromatic nitrogens is 1. The first kappa shape index (κ1) is 45.8. The minimum Gasteiger partial charge on any atom is -0.466 e. The molecule has 2 heterocycles. The highest BCUT2D eigenvalue weighted by Crippen LogP contribution is 2.49. The Bertz CT molecular complexity index is 1860. The molecule has 0 saturated carbocycles.